The highest BCUT2D eigenvalue weighted by Crippen LogP contribution is 2.20. The fourth-order valence-electron chi connectivity index (χ4n) is 2.30. The fourth-order valence-corrected chi connectivity index (χ4v) is 3.14. The predicted octanol–water partition coefficient (Wildman–Crippen LogP) is 2.64. The molecule has 0 radical (unpaired) electrons. The first-order valence-corrected chi connectivity index (χ1v) is 8.64. The van der Waals surface area contributed by atoms with Crippen LogP contribution in [0.1, 0.15) is 34.5 Å². The van der Waals surface area contributed by atoms with Gasteiger partial charge in [0.2, 0.25) is 5.13 Å². The van der Waals surface area contributed by atoms with Gasteiger partial charge in [-0.3, -0.25) is 10.1 Å². The van der Waals surface area contributed by atoms with Crippen molar-refractivity contribution in [2.75, 3.05) is 12.4 Å². The molecule has 9 heteroatoms. The van der Waals surface area contributed by atoms with Crippen LogP contribution < -0.4 is 10.1 Å². The zero-order valence-electron chi connectivity index (χ0n) is 14.2. The third-order valence-corrected chi connectivity index (χ3v) is 4.46. The summed E-state index contributed by atoms with van der Waals surface area (Å²) in [7, 11) is 1.60. The van der Waals surface area contributed by atoms with E-state index in [9.17, 15) is 4.79 Å². The molecule has 0 saturated carbocycles. The minimum absolute atomic E-state index is 0.245. The average Bonchev–Trinajstić information content (AvgIpc) is 3.21. The lowest BCUT2D eigenvalue weighted by molar-refractivity contribution is 0.102. The summed E-state index contributed by atoms with van der Waals surface area (Å²) >= 11 is 1.37. The Bertz CT molecular complexity index is 888. The fraction of sp³-hybridized carbons (Fsp3) is 0.312. The van der Waals surface area contributed by atoms with Gasteiger partial charge in [-0.05, 0) is 25.5 Å². The topological polar surface area (TPSA) is 94.8 Å². The van der Waals surface area contributed by atoms with Crippen LogP contribution in [0.25, 0.3) is 5.69 Å². The molecule has 0 spiro atoms. The van der Waals surface area contributed by atoms with Crippen LogP contribution in [0.15, 0.2) is 24.3 Å². The molecule has 2 aromatic heterocycles. The molecule has 0 aliphatic heterocycles. The first-order valence-electron chi connectivity index (χ1n) is 7.82. The number of methoxy groups -OCH3 is 1. The molecule has 1 aromatic carbocycles. The van der Waals surface area contributed by atoms with E-state index in [0.29, 0.717) is 16.6 Å². The zero-order valence-corrected chi connectivity index (χ0v) is 15.0. The summed E-state index contributed by atoms with van der Waals surface area (Å²) in [5.74, 6) is 0.349. The van der Waals surface area contributed by atoms with Gasteiger partial charge < -0.3 is 4.74 Å². The molecule has 8 nitrogen and oxygen atoms in total. The number of aromatic nitrogens is 5. The Labute approximate surface area is 148 Å². The van der Waals surface area contributed by atoms with Gasteiger partial charge >= 0.3 is 0 Å². The van der Waals surface area contributed by atoms with E-state index in [1.165, 1.54) is 11.3 Å². The van der Waals surface area contributed by atoms with Crippen molar-refractivity contribution in [2.24, 2.45) is 0 Å². The van der Waals surface area contributed by atoms with Crippen LogP contribution in [0.3, 0.4) is 0 Å². The average molecular weight is 358 g/mol. The third kappa shape index (κ3) is 3.66. The summed E-state index contributed by atoms with van der Waals surface area (Å²) in [4.78, 5) is 12.5. The van der Waals surface area contributed by atoms with Crippen molar-refractivity contribution in [1.82, 2.24) is 25.2 Å². The summed E-state index contributed by atoms with van der Waals surface area (Å²) in [6.07, 6.45) is 1.83. The van der Waals surface area contributed by atoms with Gasteiger partial charge in [-0.1, -0.05) is 29.5 Å². The molecular weight excluding hydrogens is 340 g/mol. The molecule has 3 aromatic rings. The Hall–Kier alpha value is -2.81. The summed E-state index contributed by atoms with van der Waals surface area (Å²) in [6, 6.07) is 7.39. The largest absolute Gasteiger partial charge is 0.497 e. The molecule has 0 aliphatic carbocycles. The number of carbonyl (C=O) groups excluding carboxylic acids is 1. The Balaban J connectivity index is 1.80. The van der Waals surface area contributed by atoms with E-state index in [2.05, 4.69) is 32.7 Å². The molecule has 0 fully saturated rings. The zero-order chi connectivity index (χ0) is 17.8. The van der Waals surface area contributed by atoms with Crippen molar-refractivity contribution in [1.29, 1.82) is 0 Å². The molecule has 25 heavy (non-hydrogen) atoms. The number of rotatable bonds is 6. The number of amides is 1. The first-order chi connectivity index (χ1) is 12.1. The Morgan fingerprint density at radius 2 is 2.16 bits per heavy atom. The lowest BCUT2D eigenvalue weighted by Crippen LogP contribution is -2.14. The molecular formula is C16H18N6O2S. The molecule has 130 valence electrons. The summed E-state index contributed by atoms with van der Waals surface area (Å²) in [6.45, 7) is 3.86. The smallest absolute Gasteiger partial charge is 0.279 e. The van der Waals surface area contributed by atoms with Gasteiger partial charge in [-0.2, -0.15) is 0 Å². The highest BCUT2D eigenvalue weighted by atomic mass is 32.1. The summed E-state index contributed by atoms with van der Waals surface area (Å²) in [5.41, 5.74) is 1.64. The SMILES string of the molecule is CCCc1nnc(NC(=O)c2nnn(-c3cccc(OC)c3)c2C)s1. The van der Waals surface area contributed by atoms with Crippen LogP contribution in [-0.2, 0) is 6.42 Å². The highest BCUT2D eigenvalue weighted by molar-refractivity contribution is 7.15. The number of carbonyl (C=O) groups is 1. The minimum Gasteiger partial charge on any atom is -0.497 e. The molecule has 0 saturated heterocycles. The van der Waals surface area contributed by atoms with Crippen molar-refractivity contribution in [3.05, 3.63) is 40.7 Å². The lowest BCUT2D eigenvalue weighted by atomic mass is 10.2. The number of benzene rings is 1. The van der Waals surface area contributed by atoms with Gasteiger partial charge in [0.05, 0.1) is 18.5 Å². The molecule has 3 rings (SSSR count). The van der Waals surface area contributed by atoms with Crippen LogP contribution >= 0.6 is 11.3 Å². The quantitative estimate of drug-likeness (QED) is 0.728. The maximum atomic E-state index is 12.5. The predicted molar refractivity (Wildman–Crippen MR) is 94.5 cm³/mol. The molecule has 0 aliphatic rings. The second kappa shape index (κ2) is 7.39. The maximum absolute atomic E-state index is 12.5. The number of nitrogens with zero attached hydrogens (tertiary/aromatic N) is 5. The van der Waals surface area contributed by atoms with Crippen LogP contribution in [-0.4, -0.2) is 38.2 Å². The first kappa shape index (κ1) is 17.0. The number of hydrogen-bond acceptors (Lipinski definition) is 7. The molecule has 1 amide bonds. The number of anilines is 1. The van der Waals surface area contributed by atoms with Crippen LogP contribution in [0, 0.1) is 6.92 Å². The second-order valence-corrected chi connectivity index (χ2v) is 6.40. The monoisotopic (exact) mass is 358 g/mol. The van der Waals surface area contributed by atoms with Crippen molar-refractivity contribution in [3.63, 3.8) is 0 Å². The molecule has 0 atom stereocenters. The van der Waals surface area contributed by atoms with Crippen LogP contribution in [0.2, 0.25) is 0 Å². The number of ether oxygens (including phenoxy) is 1. The lowest BCUT2D eigenvalue weighted by Gasteiger charge is -2.05. The van der Waals surface area contributed by atoms with Gasteiger partial charge in [0.15, 0.2) is 5.69 Å². The van der Waals surface area contributed by atoms with Gasteiger partial charge in [-0.15, -0.1) is 15.3 Å². The van der Waals surface area contributed by atoms with E-state index in [-0.39, 0.29) is 11.6 Å². The van der Waals surface area contributed by atoms with Crippen molar-refractivity contribution in [2.45, 2.75) is 26.7 Å². The molecule has 2 heterocycles. The minimum atomic E-state index is -0.356. The van der Waals surface area contributed by atoms with E-state index in [1.807, 2.05) is 24.3 Å². The Morgan fingerprint density at radius 3 is 2.92 bits per heavy atom. The van der Waals surface area contributed by atoms with E-state index in [0.717, 1.165) is 23.5 Å². The van der Waals surface area contributed by atoms with Gasteiger partial charge in [0, 0.05) is 12.5 Å². The van der Waals surface area contributed by atoms with Gasteiger partial charge in [-0.25, -0.2) is 4.68 Å². The van der Waals surface area contributed by atoms with Crippen molar-refractivity contribution >= 4 is 22.4 Å². The number of hydrogen-bond donors (Lipinski definition) is 1. The summed E-state index contributed by atoms with van der Waals surface area (Å²) < 4.78 is 6.81. The Morgan fingerprint density at radius 1 is 1.32 bits per heavy atom. The number of nitrogens with one attached hydrogen (secondary N) is 1. The summed E-state index contributed by atoms with van der Waals surface area (Å²) in [5, 5.41) is 20.2. The second-order valence-electron chi connectivity index (χ2n) is 5.34. The maximum Gasteiger partial charge on any atom is 0.279 e. The van der Waals surface area contributed by atoms with Crippen molar-refractivity contribution in [3.8, 4) is 11.4 Å². The standard InChI is InChI=1S/C16H18N6O2S/c1-4-6-13-18-20-16(25-13)17-15(23)14-10(2)22(21-19-14)11-7-5-8-12(9-11)24-3/h5,7-9H,4,6H2,1-3H3,(H,17,20,23). The van der Waals surface area contributed by atoms with E-state index in [4.69, 9.17) is 4.74 Å². The molecule has 0 bridgehead atoms. The van der Waals surface area contributed by atoms with E-state index >= 15 is 0 Å². The number of aryl methyl sites for hydroxylation is 1. The van der Waals surface area contributed by atoms with E-state index < -0.39 is 0 Å². The van der Waals surface area contributed by atoms with Gasteiger partial charge in [0.25, 0.3) is 5.91 Å². The molecule has 0 unspecified atom stereocenters. The van der Waals surface area contributed by atoms with Crippen LogP contribution in [0.4, 0.5) is 5.13 Å². The highest BCUT2D eigenvalue weighted by Gasteiger charge is 2.19. The van der Waals surface area contributed by atoms with Crippen molar-refractivity contribution < 1.29 is 9.53 Å². The normalized spacial score (nSPS) is 10.7. The molecule has 1 N–H and O–H groups in total. The van der Waals surface area contributed by atoms with Gasteiger partial charge in [0.1, 0.15) is 10.8 Å². The Kier molecular flexibility index (Phi) is 5.03. The third-order valence-electron chi connectivity index (χ3n) is 3.56. The van der Waals surface area contributed by atoms with Crippen LogP contribution in [0.5, 0.6) is 5.75 Å². The van der Waals surface area contributed by atoms with E-state index in [1.54, 1.807) is 18.7 Å².